The van der Waals surface area contributed by atoms with Crippen molar-refractivity contribution in [2.24, 2.45) is 0 Å². The summed E-state index contributed by atoms with van der Waals surface area (Å²) in [6.45, 7) is 0. The fourth-order valence-corrected chi connectivity index (χ4v) is 4.36. The van der Waals surface area contributed by atoms with Gasteiger partial charge in [-0.05, 0) is 24.3 Å². The Kier molecular flexibility index (Phi) is 3.14. The van der Waals surface area contributed by atoms with Crippen LogP contribution in [0.5, 0.6) is 5.75 Å². The van der Waals surface area contributed by atoms with Gasteiger partial charge in [0.05, 0.1) is 24.7 Å². The average Bonchev–Trinajstić information content (AvgIpc) is 2.42. The van der Waals surface area contributed by atoms with Crippen LogP contribution in [0.4, 0.5) is 11.4 Å². The fourth-order valence-electron chi connectivity index (χ4n) is 2.19. The van der Waals surface area contributed by atoms with E-state index < -0.39 is 10.0 Å². The lowest BCUT2D eigenvalue weighted by Gasteiger charge is -2.30. The van der Waals surface area contributed by atoms with Gasteiger partial charge >= 0.3 is 0 Å². The summed E-state index contributed by atoms with van der Waals surface area (Å²) in [5.74, 6) is 0.636. The summed E-state index contributed by atoms with van der Waals surface area (Å²) in [5, 5.41) is 0. The SMILES string of the molecule is COc1ccc2c(c1)N(S(C)(=O)=O)c1ccccc1S2. The zero-order valence-electron chi connectivity index (χ0n) is 11.0. The van der Waals surface area contributed by atoms with Crippen molar-refractivity contribution in [2.75, 3.05) is 17.7 Å². The smallest absolute Gasteiger partial charge is 0.236 e. The first kappa shape index (κ1) is 13.3. The molecular formula is C14H13NO3S2. The molecule has 0 aliphatic carbocycles. The average molecular weight is 307 g/mol. The van der Waals surface area contributed by atoms with Crippen LogP contribution in [0, 0.1) is 0 Å². The number of hydrogen-bond donors (Lipinski definition) is 0. The highest BCUT2D eigenvalue weighted by atomic mass is 32.2. The number of fused-ring (bicyclic) bond motifs is 2. The van der Waals surface area contributed by atoms with Crippen LogP contribution in [0.2, 0.25) is 0 Å². The van der Waals surface area contributed by atoms with E-state index >= 15 is 0 Å². The molecule has 2 aromatic carbocycles. The predicted octanol–water partition coefficient (Wildman–Crippen LogP) is 3.26. The maximum absolute atomic E-state index is 12.2. The lowest BCUT2D eigenvalue weighted by Crippen LogP contribution is -2.27. The Morgan fingerprint density at radius 2 is 1.75 bits per heavy atom. The molecule has 1 heterocycles. The highest BCUT2D eigenvalue weighted by Crippen LogP contribution is 2.49. The molecule has 0 radical (unpaired) electrons. The Hall–Kier alpha value is -1.66. The highest BCUT2D eigenvalue weighted by Gasteiger charge is 2.29. The van der Waals surface area contributed by atoms with Gasteiger partial charge in [-0.25, -0.2) is 12.7 Å². The lowest BCUT2D eigenvalue weighted by atomic mass is 10.2. The number of methoxy groups -OCH3 is 1. The summed E-state index contributed by atoms with van der Waals surface area (Å²) in [4.78, 5) is 1.82. The second-order valence-electron chi connectivity index (χ2n) is 4.43. The van der Waals surface area contributed by atoms with Crippen LogP contribution in [0.1, 0.15) is 0 Å². The number of anilines is 2. The molecule has 0 aromatic heterocycles. The van der Waals surface area contributed by atoms with Crippen molar-refractivity contribution in [1.29, 1.82) is 0 Å². The standard InChI is InChI=1S/C14H13NO3S2/c1-18-10-7-8-14-12(9-10)15(20(2,16)17)11-5-3-4-6-13(11)19-14/h3-9H,1-2H3. The molecule has 20 heavy (non-hydrogen) atoms. The van der Waals surface area contributed by atoms with E-state index in [0.29, 0.717) is 17.1 Å². The Balaban J connectivity index is 2.28. The maximum Gasteiger partial charge on any atom is 0.236 e. The van der Waals surface area contributed by atoms with Crippen LogP contribution in [-0.2, 0) is 10.0 Å². The third-order valence-corrected chi connectivity index (χ3v) is 5.21. The second kappa shape index (κ2) is 4.71. The quantitative estimate of drug-likeness (QED) is 0.854. The monoisotopic (exact) mass is 307 g/mol. The summed E-state index contributed by atoms with van der Waals surface area (Å²) in [5.41, 5.74) is 1.32. The largest absolute Gasteiger partial charge is 0.497 e. The van der Waals surface area contributed by atoms with Gasteiger partial charge in [-0.2, -0.15) is 0 Å². The molecule has 0 unspecified atom stereocenters. The highest BCUT2D eigenvalue weighted by molar-refractivity contribution is 8.00. The van der Waals surface area contributed by atoms with E-state index in [9.17, 15) is 8.42 Å². The van der Waals surface area contributed by atoms with Crippen LogP contribution in [0.3, 0.4) is 0 Å². The van der Waals surface area contributed by atoms with E-state index in [4.69, 9.17) is 4.74 Å². The van der Waals surface area contributed by atoms with Gasteiger partial charge in [0.2, 0.25) is 10.0 Å². The molecule has 6 heteroatoms. The number of ether oxygens (including phenoxy) is 1. The number of benzene rings is 2. The Morgan fingerprint density at radius 1 is 1.05 bits per heavy atom. The van der Waals surface area contributed by atoms with Crippen LogP contribution in [0.25, 0.3) is 0 Å². The summed E-state index contributed by atoms with van der Waals surface area (Å²) in [7, 11) is -1.85. The first-order valence-electron chi connectivity index (χ1n) is 5.96. The normalized spacial score (nSPS) is 13.6. The van der Waals surface area contributed by atoms with E-state index in [1.54, 1.807) is 24.9 Å². The molecule has 0 spiro atoms. The minimum Gasteiger partial charge on any atom is -0.497 e. The molecule has 1 aliphatic rings. The van der Waals surface area contributed by atoms with E-state index in [-0.39, 0.29) is 0 Å². The van der Waals surface area contributed by atoms with Crippen molar-refractivity contribution in [3.05, 3.63) is 42.5 Å². The minimum atomic E-state index is -3.41. The van der Waals surface area contributed by atoms with Gasteiger partial charge in [0.1, 0.15) is 5.75 Å². The van der Waals surface area contributed by atoms with Gasteiger partial charge < -0.3 is 4.74 Å². The molecule has 0 saturated carbocycles. The Labute approximate surface area is 122 Å². The van der Waals surface area contributed by atoms with Gasteiger partial charge in [-0.3, -0.25) is 0 Å². The summed E-state index contributed by atoms with van der Waals surface area (Å²) >= 11 is 1.56. The summed E-state index contributed by atoms with van der Waals surface area (Å²) in [6, 6.07) is 12.9. The van der Waals surface area contributed by atoms with Crippen molar-refractivity contribution < 1.29 is 13.2 Å². The molecule has 0 bridgehead atoms. The van der Waals surface area contributed by atoms with E-state index in [1.165, 1.54) is 10.6 Å². The molecule has 0 atom stereocenters. The van der Waals surface area contributed by atoms with Gasteiger partial charge in [-0.15, -0.1) is 0 Å². The van der Waals surface area contributed by atoms with Gasteiger partial charge in [0, 0.05) is 15.9 Å². The van der Waals surface area contributed by atoms with Crippen LogP contribution in [-0.4, -0.2) is 21.8 Å². The zero-order valence-corrected chi connectivity index (χ0v) is 12.7. The van der Waals surface area contributed by atoms with Gasteiger partial charge in [0.25, 0.3) is 0 Å². The Morgan fingerprint density at radius 3 is 2.45 bits per heavy atom. The van der Waals surface area contributed by atoms with Crippen molar-refractivity contribution in [2.45, 2.75) is 9.79 Å². The lowest BCUT2D eigenvalue weighted by molar-refractivity contribution is 0.414. The zero-order chi connectivity index (χ0) is 14.3. The molecule has 3 rings (SSSR count). The van der Waals surface area contributed by atoms with Crippen molar-refractivity contribution >= 4 is 33.2 Å². The topological polar surface area (TPSA) is 46.6 Å². The molecule has 0 amide bonds. The van der Waals surface area contributed by atoms with Crippen LogP contribution < -0.4 is 9.04 Å². The number of rotatable bonds is 2. The Bertz CT molecular complexity index is 772. The van der Waals surface area contributed by atoms with E-state index in [0.717, 1.165) is 9.79 Å². The number of hydrogen-bond acceptors (Lipinski definition) is 4. The van der Waals surface area contributed by atoms with Crippen molar-refractivity contribution in [1.82, 2.24) is 0 Å². The van der Waals surface area contributed by atoms with Crippen molar-refractivity contribution in [3.63, 3.8) is 0 Å². The second-order valence-corrected chi connectivity index (χ2v) is 7.35. The molecule has 4 nitrogen and oxygen atoms in total. The minimum absolute atomic E-state index is 0.635. The van der Waals surface area contributed by atoms with Gasteiger partial charge in [0.15, 0.2) is 0 Å². The van der Waals surface area contributed by atoms with E-state index in [2.05, 4.69) is 0 Å². The molecule has 104 valence electrons. The molecule has 0 saturated heterocycles. The fraction of sp³-hybridized carbons (Fsp3) is 0.143. The third-order valence-electron chi connectivity index (χ3n) is 3.02. The first-order valence-corrected chi connectivity index (χ1v) is 8.62. The molecule has 2 aromatic rings. The first-order chi connectivity index (χ1) is 9.50. The van der Waals surface area contributed by atoms with Crippen molar-refractivity contribution in [3.8, 4) is 5.75 Å². The molecule has 1 aliphatic heterocycles. The maximum atomic E-state index is 12.2. The number of nitrogens with zero attached hydrogens (tertiary/aromatic N) is 1. The predicted molar refractivity (Wildman–Crippen MR) is 80.5 cm³/mol. The van der Waals surface area contributed by atoms with E-state index in [1.807, 2.05) is 36.4 Å². The van der Waals surface area contributed by atoms with Crippen LogP contribution >= 0.6 is 11.8 Å². The summed E-state index contributed by atoms with van der Waals surface area (Å²) in [6.07, 6.45) is 1.21. The number of para-hydroxylation sites is 1. The van der Waals surface area contributed by atoms with Crippen LogP contribution in [0.15, 0.2) is 52.3 Å². The molecule has 0 N–H and O–H groups in total. The summed E-state index contributed by atoms with van der Waals surface area (Å²) < 4.78 is 30.9. The third kappa shape index (κ3) is 2.14. The number of sulfonamides is 1. The van der Waals surface area contributed by atoms with Gasteiger partial charge in [-0.1, -0.05) is 23.9 Å². The molecule has 0 fully saturated rings. The molecular weight excluding hydrogens is 294 g/mol.